The standard InChI is InChI=1S/C22H21FN6O2/c23-18-3-1-2-16(14-18)4-5-21(30)28-11-8-19-26-27-20(29(19)13-12-28)15-25-22(31)17-6-9-24-10-7-17/h1-7,9-10,14H,8,11-13,15H2,(H,25,31)/b5-4+. The maximum Gasteiger partial charge on any atom is 0.251 e. The van der Waals surface area contributed by atoms with Gasteiger partial charge in [0.2, 0.25) is 5.91 Å². The lowest BCUT2D eigenvalue weighted by Gasteiger charge is -2.18. The summed E-state index contributed by atoms with van der Waals surface area (Å²) < 4.78 is 15.2. The number of rotatable bonds is 5. The SMILES string of the molecule is O=C(NCc1nnc2n1CCN(C(=O)/C=C/c1cccc(F)c1)CC2)c1ccncc1. The van der Waals surface area contributed by atoms with E-state index in [0.29, 0.717) is 43.0 Å². The van der Waals surface area contributed by atoms with E-state index in [1.165, 1.54) is 18.2 Å². The summed E-state index contributed by atoms with van der Waals surface area (Å²) in [6, 6.07) is 9.36. The van der Waals surface area contributed by atoms with E-state index in [4.69, 9.17) is 0 Å². The third-order valence-corrected chi connectivity index (χ3v) is 5.03. The summed E-state index contributed by atoms with van der Waals surface area (Å²) in [6.07, 6.45) is 6.75. The zero-order valence-corrected chi connectivity index (χ0v) is 16.7. The van der Waals surface area contributed by atoms with Crippen LogP contribution in [0, 0.1) is 5.82 Å². The van der Waals surface area contributed by atoms with Crippen molar-refractivity contribution in [3.8, 4) is 0 Å². The predicted molar refractivity (Wildman–Crippen MR) is 111 cm³/mol. The highest BCUT2D eigenvalue weighted by Crippen LogP contribution is 2.11. The Kier molecular flexibility index (Phi) is 6.11. The van der Waals surface area contributed by atoms with Gasteiger partial charge in [0.05, 0.1) is 6.54 Å². The lowest BCUT2D eigenvalue weighted by molar-refractivity contribution is -0.125. The molecular formula is C22H21FN6O2. The Bertz CT molecular complexity index is 1110. The lowest BCUT2D eigenvalue weighted by atomic mass is 10.2. The Morgan fingerprint density at radius 2 is 1.94 bits per heavy atom. The minimum absolute atomic E-state index is 0.143. The number of hydrogen-bond donors (Lipinski definition) is 1. The molecule has 0 aliphatic carbocycles. The second-order valence-electron chi connectivity index (χ2n) is 7.07. The maximum absolute atomic E-state index is 13.3. The normalized spacial score (nSPS) is 13.6. The number of nitrogens with one attached hydrogen (secondary N) is 1. The van der Waals surface area contributed by atoms with Gasteiger partial charge < -0.3 is 14.8 Å². The Labute approximate surface area is 178 Å². The van der Waals surface area contributed by atoms with Crippen molar-refractivity contribution in [3.05, 3.63) is 83.5 Å². The van der Waals surface area contributed by atoms with E-state index >= 15 is 0 Å². The summed E-state index contributed by atoms with van der Waals surface area (Å²) in [7, 11) is 0. The number of benzene rings is 1. The zero-order valence-electron chi connectivity index (χ0n) is 16.7. The summed E-state index contributed by atoms with van der Waals surface area (Å²) in [5.41, 5.74) is 1.15. The van der Waals surface area contributed by atoms with Crippen molar-refractivity contribution in [2.24, 2.45) is 0 Å². The van der Waals surface area contributed by atoms with Gasteiger partial charge in [-0.2, -0.15) is 0 Å². The molecule has 3 heterocycles. The van der Waals surface area contributed by atoms with Crippen LogP contribution in [0.2, 0.25) is 0 Å². The van der Waals surface area contributed by atoms with Crippen molar-refractivity contribution < 1.29 is 14.0 Å². The molecule has 4 rings (SSSR count). The summed E-state index contributed by atoms with van der Waals surface area (Å²) >= 11 is 0. The van der Waals surface area contributed by atoms with Gasteiger partial charge in [-0.3, -0.25) is 14.6 Å². The molecule has 1 aromatic carbocycles. The van der Waals surface area contributed by atoms with E-state index in [0.717, 1.165) is 5.82 Å². The van der Waals surface area contributed by atoms with E-state index in [-0.39, 0.29) is 24.2 Å². The smallest absolute Gasteiger partial charge is 0.251 e. The molecule has 0 atom stereocenters. The molecule has 0 saturated carbocycles. The lowest BCUT2D eigenvalue weighted by Crippen LogP contribution is -2.32. The molecule has 1 aliphatic rings. The van der Waals surface area contributed by atoms with Gasteiger partial charge in [0, 0.05) is 50.1 Å². The molecule has 1 N–H and O–H groups in total. The number of halogens is 1. The van der Waals surface area contributed by atoms with Gasteiger partial charge in [-0.15, -0.1) is 10.2 Å². The molecule has 0 saturated heterocycles. The molecule has 0 fully saturated rings. The van der Waals surface area contributed by atoms with Crippen molar-refractivity contribution in [2.75, 3.05) is 13.1 Å². The quantitative estimate of drug-likeness (QED) is 0.636. The van der Waals surface area contributed by atoms with Crippen LogP contribution in [-0.2, 0) is 24.3 Å². The summed E-state index contributed by atoms with van der Waals surface area (Å²) in [6.45, 7) is 1.76. The highest BCUT2D eigenvalue weighted by atomic mass is 19.1. The van der Waals surface area contributed by atoms with Gasteiger partial charge in [0.25, 0.3) is 5.91 Å². The first-order chi connectivity index (χ1) is 15.1. The van der Waals surface area contributed by atoms with Crippen LogP contribution in [-0.4, -0.2) is 49.6 Å². The average Bonchev–Trinajstić information content (AvgIpc) is 3.05. The number of aromatic nitrogens is 4. The molecule has 8 nitrogen and oxygen atoms in total. The molecule has 9 heteroatoms. The molecule has 2 aromatic heterocycles. The Hall–Kier alpha value is -3.88. The van der Waals surface area contributed by atoms with Crippen LogP contribution in [0.15, 0.2) is 54.9 Å². The topological polar surface area (TPSA) is 93.0 Å². The fraction of sp³-hybridized carbons (Fsp3) is 0.227. The van der Waals surface area contributed by atoms with Crippen molar-refractivity contribution >= 4 is 17.9 Å². The van der Waals surface area contributed by atoms with Crippen LogP contribution >= 0.6 is 0 Å². The van der Waals surface area contributed by atoms with Gasteiger partial charge in [-0.1, -0.05) is 12.1 Å². The van der Waals surface area contributed by atoms with Gasteiger partial charge >= 0.3 is 0 Å². The van der Waals surface area contributed by atoms with Gasteiger partial charge in [0.15, 0.2) is 5.82 Å². The molecule has 0 bridgehead atoms. The number of carbonyl (C=O) groups is 2. The minimum atomic E-state index is -0.342. The molecular weight excluding hydrogens is 399 g/mol. The molecule has 158 valence electrons. The number of hydrogen-bond acceptors (Lipinski definition) is 5. The summed E-state index contributed by atoms with van der Waals surface area (Å²) in [4.78, 5) is 30.5. The van der Waals surface area contributed by atoms with Crippen LogP contribution < -0.4 is 5.32 Å². The molecule has 0 unspecified atom stereocenters. The van der Waals surface area contributed by atoms with E-state index in [1.54, 1.807) is 47.6 Å². The van der Waals surface area contributed by atoms with Crippen LogP contribution in [0.5, 0.6) is 0 Å². The molecule has 3 aromatic rings. The second kappa shape index (κ2) is 9.29. The third kappa shape index (κ3) is 5.00. The minimum Gasteiger partial charge on any atom is -0.345 e. The summed E-state index contributed by atoms with van der Waals surface area (Å²) in [5, 5.41) is 11.2. The highest BCUT2D eigenvalue weighted by Gasteiger charge is 2.21. The first-order valence-corrected chi connectivity index (χ1v) is 9.92. The van der Waals surface area contributed by atoms with Crippen LogP contribution in [0.25, 0.3) is 6.08 Å². The Balaban J connectivity index is 1.36. The molecule has 1 aliphatic heterocycles. The number of nitrogens with zero attached hydrogens (tertiary/aromatic N) is 5. The number of fused-ring (bicyclic) bond motifs is 1. The van der Waals surface area contributed by atoms with Crippen molar-refractivity contribution in [1.29, 1.82) is 0 Å². The Morgan fingerprint density at radius 3 is 2.74 bits per heavy atom. The van der Waals surface area contributed by atoms with E-state index < -0.39 is 0 Å². The molecule has 31 heavy (non-hydrogen) atoms. The molecule has 2 amide bonds. The van der Waals surface area contributed by atoms with Crippen LogP contribution in [0.4, 0.5) is 4.39 Å². The van der Waals surface area contributed by atoms with E-state index in [2.05, 4.69) is 20.5 Å². The zero-order chi connectivity index (χ0) is 21.6. The largest absolute Gasteiger partial charge is 0.345 e. The average molecular weight is 420 g/mol. The molecule has 0 spiro atoms. The van der Waals surface area contributed by atoms with Gasteiger partial charge in [-0.25, -0.2) is 4.39 Å². The van der Waals surface area contributed by atoms with Crippen molar-refractivity contribution in [2.45, 2.75) is 19.5 Å². The van der Waals surface area contributed by atoms with Crippen LogP contribution in [0.3, 0.4) is 0 Å². The second-order valence-corrected chi connectivity index (χ2v) is 7.07. The fourth-order valence-electron chi connectivity index (χ4n) is 3.38. The van der Waals surface area contributed by atoms with Crippen molar-refractivity contribution in [1.82, 2.24) is 30.0 Å². The first-order valence-electron chi connectivity index (χ1n) is 9.92. The van der Waals surface area contributed by atoms with E-state index in [9.17, 15) is 14.0 Å². The van der Waals surface area contributed by atoms with Gasteiger partial charge in [-0.05, 0) is 35.9 Å². The first kappa shape index (κ1) is 20.4. The Morgan fingerprint density at radius 1 is 1.10 bits per heavy atom. The number of carbonyl (C=O) groups excluding carboxylic acids is 2. The van der Waals surface area contributed by atoms with Crippen molar-refractivity contribution in [3.63, 3.8) is 0 Å². The number of amides is 2. The maximum atomic E-state index is 13.3. The third-order valence-electron chi connectivity index (χ3n) is 5.03. The monoisotopic (exact) mass is 420 g/mol. The van der Waals surface area contributed by atoms with Crippen LogP contribution in [0.1, 0.15) is 27.6 Å². The van der Waals surface area contributed by atoms with Gasteiger partial charge in [0.1, 0.15) is 11.6 Å². The summed E-state index contributed by atoms with van der Waals surface area (Å²) in [5.74, 6) is 0.716. The highest BCUT2D eigenvalue weighted by molar-refractivity contribution is 5.94. The fourth-order valence-corrected chi connectivity index (χ4v) is 3.38. The predicted octanol–water partition coefficient (Wildman–Crippen LogP) is 1.84. The number of pyridine rings is 1. The molecule has 0 radical (unpaired) electrons. The van der Waals surface area contributed by atoms with E-state index in [1.807, 2.05) is 4.57 Å².